The number of hydrogen-bond donors (Lipinski definition) is 1. The van der Waals surface area contributed by atoms with Crippen LogP contribution in [0.15, 0.2) is 48.5 Å². The number of benzene rings is 2. The first-order valence-electron chi connectivity index (χ1n) is 6.33. The lowest BCUT2D eigenvalue weighted by Crippen LogP contribution is -2.03. The van der Waals surface area contributed by atoms with Crippen LogP contribution in [0, 0.1) is 5.82 Å². The summed E-state index contributed by atoms with van der Waals surface area (Å²) < 4.78 is 15.4. The lowest BCUT2D eigenvalue weighted by molar-refractivity contribution is 0.0699. The summed E-state index contributed by atoms with van der Waals surface area (Å²) in [6.07, 6.45) is 0. The topological polar surface area (TPSA) is 42.2 Å². The zero-order valence-corrected chi connectivity index (χ0v) is 11.6. The van der Waals surface area contributed by atoms with Gasteiger partial charge >= 0.3 is 5.97 Å². The minimum absolute atomic E-state index is 0.0450. The van der Waals surface area contributed by atoms with Crippen LogP contribution in [-0.2, 0) is 6.54 Å². The van der Waals surface area contributed by atoms with E-state index < -0.39 is 5.97 Å². The standard InChI is InChI=1S/C16H11ClFNO2/c17-15-14(16(20)21)11-6-2-4-8-13(11)19(15)9-10-5-1-3-7-12(10)18/h1-8H,9H2,(H,20,21). The molecule has 21 heavy (non-hydrogen) atoms. The molecule has 2 aromatic carbocycles. The highest BCUT2D eigenvalue weighted by molar-refractivity contribution is 6.35. The van der Waals surface area contributed by atoms with Gasteiger partial charge in [-0.25, -0.2) is 9.18 Å². The number of halogens is 2. The molecule has 0 amide bonds. The second-order valence-corrected chi connectivity index (χ2v) is 5.02. The van der Waals surface area contributed by atoms with E-state index in [1.54, 1.807) is 47.0 Å². The second-order valence-electron chi connectivity index (χ2n) is 4.67. The molecule has 0 aliphatic rings. The second kappa shape index (κ2) is 5.22. The van der Waals surface area contributed by atoms with Crippen molar-refractivity contribution in [1.29, 1.82) is 0 Å². The fourth-order valence-corrected chi connectivity index (χ4v) is 2.76. The van der Waals surface area contributed by atoms with Crippen molar-refractivity contribution in [2.24, 2.45) is 0 Å². The summed E-state index contributed by atoms with van der Waals surface area (Å²) in [5.41, 5.74) is 1.17. The SMILES string of the molecule is O=C(O)c1c(Cl)n(Cc2ccccc2F)c2ccccc12. The average Bonchev–Trinajstić information content (AvgIpc) is 2.74. The summed E-state index contributed by atoms with van der Waals surface area (Å²) in [6, 6.07) is 13.4. The van der Waals surface area contributed by atoms with Gasteiger partial charge in [-0.3, -0.25) is 0 Å². The third kappa shape index (κ3) is 2.28. The fraction of sp³-hybridized carbons (Fsp3) is 0.0625. The average molecular weight is 304 g/mol. The molecule has 0 aliphatic heterocycles. The molecule has 3 rings (SSSR count). The van der Waals surface area contributed by atoms with Gasteiger partial charge in [0.1, 0.15) is 16.5 Å². The Balaban J connectivity index is 2.21. The molecule has 3 aromatic rings. The Labute approximate surface area is 125 Å². The highest BCUT2D eigenvalue weighted by atomic mass is 35.5. The molecule has 0 atom stereocenters. The number of carbonyl (C=O) groups is 1. The van der Waals surface area contributed by atoms with Crippen molar-refractivity contribution in [1.82, 2.24) is 4.57 Å². The zero-order valence-electron chi connectivity index (χ0n) is 10.9. The van der Waals surface area contributed by atoms with E-state index in [9.17, 15) is 14.3 Å². The van der Waals surface area contributed by atoms with Crippen molar-refractivity contribution in [3.05, 3.63) is 70.6 Å². The molecule has 0 radical (unpaired) electrons. The number of carboxylic acids is 1. The largest absolute Gasteiger partial charge is 0.478 e. The van der Waals surface area contributed by atoms with Crippen molar-refractivity contribution in [2.75, 3.05) is 0 Å². The number of hydrogen-bond acceptors (Lipinski definition) is 1. The highest BCUT2D eigenvalue weighted by Crippen LogP contribution is 2.31. The number of carboxylic acid groups (broad SMARTS) is 1. The molecule has 0 unspecified atom stereocenters. The molecule has 1 heterocycles. The van der Waals surface area contributed by atoms with Crippen LogP contribution in [0.3, 0.4) is 0 Å². The number of nitrogens with zero attached hydrogens (tertiary/aromatic N) is 1. The van der Waals surface area contributed by atoms with Gasteiger partial charge in [0, 0.05) is 10.9 Å². The van der Waals surface area contributed by atoms with Gasteiger partial charge in [0.25, 0.3) is 0 Å². The van der Waals surface area contributed by atoms with Crippen LogP contribution in [0.1, 0.15) is 15.9 Å². The van der Waals surface area contributed by atoms with Gasteiger partial charge in [-0.05, 0) is 12.1 Å². The molecule has 0 spiro atoms. The first-order chi connectivity index (χ1) is 10.1. The van der Waals surface area contributed by atoms with Gasteiger partial charge in [0.05, 0.1) is 12.1 Å². The van der Waals surface area contributed by atoms with E-state index >= 15 is 0 Å². The summed E-state index contributed by atoms with van der Waals surface area (Å²) in [7, 11) is 0. The van der Waals surface area contributed by atoms with E-state index in [2.05, 4.69) is 0 Å². The summed E-state index contributed by atoms with van der Waals surface area (Å²) in [4.78, 5) is 11.4. The van der Waals surface area contributed by atoms with E-state index in [1.807, 2.05) is 0 Å². The molecule has 0 bridgehead atoms. The smallest absolute Gasteiger partial charge is 0.339 e. The molecular formula is C16H11ClFNO2. The maximum absolute atomic E-state index is 13.8. The van der Waals surface area contributed by atoms with Crippen LogP contribution in [-0.4, -0.2) is 15.6 Å². The van der Waals surface area contributed by atoms with Gasteiger partial charge in [0.2, 0.25) is 0 Å². The van der Waals surface area contributed by atoms with Crippen molar-refractivity contribution >= 4 is 28.5 Å². The molecule has 1 N–H and O–H groups in total. The summed E-state index contributed by atoms with van der Waals surface area (Å²) >= 11 is 6.21. The minimum Gasteiger partial charge on any atom is -0.478 e. The van der Waals surface area contributed by atoms with Gasteiger partial charge in [-0.15, -0.1) is 0 Å². The Morgan fingerprint density at radius 1 is 1.14 bits per heavy atom. The van der Waals surface area contributed by atoms with E-state index in [4.69, 9.17) is 11.6 Å². The third-order valence-corrected chi connectivity index (χ3v) is 3.80. The Kier molecular flexibility index (Phi) is 3.39. The Hall–Kier alpha value is -2.33. The van der Waals surface area contributed by atoms with Crippen molar-refractivity contribution in [3.8, 4) is 0 Å². The summed E-state index contributed by atoms with van der Waals surface area (Å²) in [5, 5.41) is 9.98. The summed E-state index contributed by atoms with van der Waals surface area (Å²) in [6.45, 7) is 0.180. The zero-order chi connectivity index (χ0) is 15.0. The van der Waals surface area contributed by atoms with Crippen molar-refractivity contribution < 1.29 is 14.3 Å². The highest BCUT2D eigenvalue weighted by Gasteiger charge is 2.21. The van der Waals surface area contributed by atoms with Gasteiger partial charge < -0.3 is 9.67 Å². The molecule has 0 saturated carbocycles. The number of fused-ring (bicyclic) bond motifs is 1. The monoisotopic (exact) mass is 303 g/mol. The molecule has 0 aliphatic carbocycles. The van der Waals surface area contributed by atoms with Gasteiger partial charge in [0.15, 0.2) is 0 Å². The van der Waals surface area contributed by atoms with E-state index in [0.717, 1.165) is 0 Å². The molecule has 3 nitrogen and oxygen atoms in total. The third-order valence-electron chi connectivity index (χ3n) is 3.41. The number of aromatic nitrogens is 1. The van der Waals surface area contributed by atoms with E-state index in [-0.39, 0.29) is 23.1 Å². The van der Waals surface area contributed by atoms with E-state index in [0.29, 0.717) is 16.5 Å². The molecule has 0 saturated heterocycles. The Morgan fingerprint density at radius 3 is 2.52 bits per heavy atom. The van der Waals surface area contributed by atoms with Gasteiger partial charge in [-0.1, -0.05) is 48.0 Å². The lowest BCUT2D eigenvalue weighted by atomic mass is 10.2. The van der Waals surface area contributed by atoms with Crippen LogP contribution in [0.4, 0.5) is 4.39 Å². The number of aromatic carboxylic acids is 1. The van der Waals surface area contributed by atoms with Crippen LogP contribution < -0.4 is 0 Å². The molecule has 1 aromatic heterocycles. The molecule has 0 fully saturated rings. The van der Waals surface area contributed by atoms with E-state index in [1.165, 1.54) is 6.07 Å². The first kappa shape index (κ1) is 13.6. The van der Waals surface area contributed by atoms with Crippen molar-refractivity contribution in [3.63, 3.8) is 0 Å². The normalized spacial score (nSPS) is 11.0. The minimum atomic E-state index is -1.09. The lowest BCUT2D eigenvalue weighted by Gasteiger charge is -2.08. The maximum Gasteiger partial charge on any atom is 0.339 e. The van der Waals surface area contributed by atoms with Crippen molar-refractivity contribution in [2.45, 2.75) is 6.54 Å². The first-order valence-corrected chi connectivity index (χ1v) is 6.71. The fourth-order valence-electron chi connectivity index (χ4n) is 2.43. The summed E-state index contributed by atoms with van der Waals surface area (Å²) in [5.74, 6) is -1.44. The van der Waals surface area contributed by atoms with Gasteiger partial charge in [-0.2, -0.15) is 0 Å². The quantitative estimate of drug-likeness (QED) is 0.788. The maximum atomic E-state index is 13.8. The predicted molar refractivity (Wildman–Crippen MR) is 79.4 cm³/mol. The number of rotatable bonds is 3. The van der Waals surface area contributed by atoms with Crippen LogP contribution >= 0.6 is 11.6 Å². The van der Waals surface area contributed by atoms with Crippen LogP contribution in [0.25, 0.3) is 10.9 Å². The molecule has 106 valence electrons. The van der Waals surface area contributed by atoms with Crippen LogP contribution in [0.5, 0.6) is 0 Å². The number of para-hydroxylation sites is 1. The predicted octanol–water partition coefficient (Wildman–Crippen LogP) is 4.18. The molecule has 5 heteroatoms. The molecular weight excluding hydrogens is 293 g/mol. The Morgan fingerprint density at radius 2 is 1.81 bits per heavy atom. The Bertz CT molecular complexity index is 841. The van der Waals surface area contributed by atoms with Crippen LogP contribution in [0.2, 0.25) is 5.15 Å².